The molecule has 0 aromatic rings. The van der Waals surface area contributed by atoms with E-state index in [-0.39, 0.29) is 12.4 Å². The van der Waals surface area contributed by atoms with E-state index in [9.17, 15) is 0 Å². The van der Waals surface area contributed by atoms with Gasteiger partial charge in [-0.15, -0.1) is 0 Å². The van der Waals surface area contributed by atoms with E-state index < -0.39 is 0 Å². The zero-order valence-corrected chi connectivity index (χ0v) is 11.0. The molecule has 0 aliphatic carbocycles. The maximum Gasteiger partial charge on any atom is 0.177 e. The van der Waals surface area contributed by atoms with E-state index in [4.69, 9.17) is 9.47 Å². The zero-order chi connectivity index (χ0) is 11.8. The predicted octanol–water partition coefficient (Wildman–Crippen LogP) is 3.77. The maximum atomic E-state index is 5.68. The van der Waals surface area contributed by atoms with Gasteiger partial charge in [0.2, 0.25) is 0 Å². The fourth-order valence-corrected chi connectivity index (χ4v) is 1.09. The number of rotatable bonds is 7. The molecule has 2 heteroatoms. The van der Waals surface area contributed by atoms with Crippen molar-refractivity contribution in [3.05, 3.63) is 11.6 Å². The minimum atomic E-state index is -0.186. The normalized spacial score (nSPS) is 13.3. The van der Waals surface area contributed by atoms with Crippen molar-refractivity contribution < 1.29 is 9.47 Å². The summed E-state index contributed by atoms with van der Waals surface area (Å²) in [7, 11) is 0. The highest BCUT2D eigenvalue weighted by molar-refractivity contribution is 4.95. The minimum absolute atomic E-state index is 0.186. The third-order valence-corrected chi connectivity index (χ3v) is 1.85. The van der Waals surface area contributed by atoms with Crippen LogP contribution in [0.15, 0.2) is 11.6 Å². The molecule has 1 atom stereocenters. The Hall–Kier alpha value is -0.340. The zero-order valence-electron chi connectivity index (χ0n) is 11.0. The van der Waals surface area contributed by atoms with Crippen LogP contribution in [-0.4, -0.2) is 19.0 Å². The average molecular weight is 214 g/mol. The van der Waals surface area contributed by atoms with Crippen molar-refractivity contribution in [1.29, 1.82) is 0 Å². The molecular weight excluding hydrogens is 188 g/mol. The van der Waals surface area contributed by atoms with E-state index in [1.54, 1.807) is 0 Å². The van der Waals surface area contributed by atoms with E-state index in [0.29, 0.717) is 5.92 Å². The molecule has 0 radical (unpaired) electrons. The Morgan fingerprint density at radius 1 is 1.13 bits per heavy atom. The van der Waals surface area contributed by atoms with E-state index in [1.165, 1.54) is 5.57 Å². The van der Waals surface area contributed by atoms with Gasteiger partial charge in [0.25, 0.3) is 0 Å². The van der Waals surface area contributed by atoms with Crippen molar-refractivity contribution in [3.63, 3.8) is 0 Å². The van der Waals surface area contributed by atoms with Gasteiger partial charge >= 0.3 is 0 Å². The summed E-state index contributed by atoms with van der Waals surface area (Å²) in [6, 6.07) is 0. The highest BCUT2D eigenvalue weighted by Gasteiger charge is 2.08. The number of ether oxygens (including phenoxy) is 2. The highest BCUT2D eigenvalue weighted by Crippen LogP contribution is 2.08. The topological polar surface area (TPSA) is 18.5 Å². The summed E-state index contributed by atoms with van der Waals surface area (Å²) in [4.78, 5) is 0. The second kappa shape index (κ2) is 7.89. The summed E-state index contributed by atoms with van der Waals surface area (Å²) in [6.07, 6.45) is 3.12. The molecule has 0 aromatic carbocycles. The van der Waals surface area contributed by atoms with Gasteiger partial charge in [0.15, 0.2) is 6.29 Å². The lowest BCUT2D eigenvalue weighted by atomic mass is 10.1. The summed E-state index contributed by atoms with van der Waals surface area (Å²) in [5.74, 6) is 0.677. The first-order chi connectivity index (χ1) is 6.91. The molecule has 0 N–H and O–H groups in total. The Balaban J connectivity index is 3.96. The van der Waals surface area contributed by atoms with Crippen LogP contribution >= 0.6 is 0 Å². The molecule has 0 aromatic heterocycles. The second-order valence-corrected chi connectivity index (χ2v) is 4.85. The van der Waals surface area contributed by atoms with Crippen molar-refractivity contribution in [2.45, 2.75) is 60.4 Å². The standard InChI is InChI=1S/C13H26O2/c1-10(2)7-8-14-13(9-11(3)4)15-12(5)6/h9-10,12-13H,7-8H2,1-6H3. The third kappa shape index (κ3) is 9.95. The van der Waals surface area contributed by atoms with Crippen molar-refractivity contribution in [1.82, 2.24) is 0 Å². The number of allylic oxidation sites excluding steroid dienone is 1. The predicted molar refractivity (Wildman–Crippen MR) is 64.8 cm³/mol. The monoisotopic (exact) mass is 214 g/mol. The van der Waals surface area contributed by atoms with Crippen LogP contribution in [0.25, 0.3) is 0 Å². The van der Waals surface area contributed by atoms with Crippen LogP contribution in [0.3, 0.4) is 0 Å². The van der Waals surface area contributed by atoms with Gasteiger partial charge in [-0.3, -0.25) is 0 Å². The Morgan fingerprint density at radius 3 is 2.13 bits per heavy atom. The molecule has 0 rings (SSSR count). The van der Waals surface area contributed by atoms with Gasteiger partial charge in [0.1, 0.15) is 0 Å². The summed E-state index contributed by atoms with van der Waals surface area (Å²) in [6.45, 7) is 13.3. The molecule has 0 aliphatic rings. The molecule has 15 heavy (non-hydrogen) atoms. The maximum absolute atomic E-state index is 5.68. The van der Waals surface area contributed by atoms with E-state index in [0.717, 1.165) is 13.0 Å². The fraction of sp³-hybridized carbons (Fsp3) is 0.846. The van der Waals surface area contributed by atoms with Gasteiger partial charge in [-0.05, 0) is 46.1 Å². The first-order valence-electron chi connectivity index (χ1n) is 5.84. The molecule has 0 fully saturated rings. The van der Waals surface area contributed by atoms with Crippen molar-refractivity contribution in [2.24, 2.45) is 5.92 Å². The third-order valence-electron chi connectivity index (χ3n) is 1.85. The summed E-state index contributed by atoms with van der Waals surface area (Å²) in [5.41, 5.74) is 1.23. The van der Waals surface area contributed by atoms with Gasteiger partial charge in [-0.2, -0.15) is 0 Å². The summed E-state index contributed by atoms with van der Waals surface area (Å²) >= 11 is 0. The largest absolute Gasteiger partial charge is 0.349 e. The van der Waals surface area contributed by atoms with Crippen LogP contribution in [0.4, 0.5) is 0 Å². The van der Waals surface area contributed by atoms with Gasteiger partial charge < -0.3 is 9.47 Å². The lowest BCUT2D eigenvalue weighted by molar-refractivity contribution is -0.135. The van der Waals surface area contributed by atoms with Crippen LogP contribution in [0.2, 0.25) is 0 Å². The molecule has 0 amide bonds. The lowest BCUT2D eigenvalue weighted by Crippen LogP contribution is -2.20. The molecule has 0 saturated heterocycles. The minimum Gasteiger partial charge on any atom is -0.349 e. The summed E-state index contributed by atoms with van der Waals surface area (Å²) in [5, 5.41) is 0. The summed E-state index contributed by atoms with van der Waals surface area (Å²) < 4.78 is 11.3. The van der Waals surface area contributed by atoms with E-state index in [1.807, 2.05) is 19.9 Å². The Labute approximate surface area is 94.7 Å². The van der Waals surface area contributed by atoms with Crippen LogP contribution in [0.1, 0.15) is 48.0 Å². The Bertz CT molecular complexity index is 179. The van der Waals surface area contributed by atoms with E-state index in [2.05, 4.69) is 27.7 Å². The van der Waals surface area contributed by atoms with Crippen molar-refractivity contribution >= 4 is 0 Å². The molecule has 1 unspecified atom stereocenters. The van der Waals surface area contributed by atoms with Crippen LogP contribution in [-0.2, 0) is 9.47 Å². The quantitative estimate of drug-likeness (QED) is 0.474. The van der Waals surface area contributed by atoms with Crippen molar-refractivity contribution in [2.75, 3.05) is 6.61 Å². The number of hydrogen-bond acceptors (Lipinski definition) is 2. The Kier molecular flexibility index (Phi) is 7.71. The lowest BCUT2D eigenvalue weighted by Gasteiger charge is -2.19. The van der Waals surface area contributed by atoms with Crippen LogP contribution in [0.5, 0.6) is 0 Å². The van der Waals surface area contributed by atoms with Gasteiger partial charge in [-0.1, -0.05) is 19.4 Å². The van der Waals surface area contributed by atoms with E-state index >= 15 is 0 Å². The average Bonchev–Trinajstić information content (AvgIpc) is 2.00. The smallest absolute Gasteiger partial charge is 0.177 e. The molecule has 2 nitrogen and oxygen atoms in total. The molecule has 0 bridgehead atoms. The first-order valence-corrected chi connectivity index (χ1v) is 5.84. The first kappa shape index (κ1) is 14.7. The molecular formula is C13H26O2. The molecule has 0 spiro atoms. The van der Waals surface area contributed by atoms with Gasteiger partial charge in [0.05, 0.1) is 12.7 Å². The van der Waals surface area contributed by atoms with Gasteiger partial charge in [0, 0.05) is 0 Å². The molecule has 0 aliphatic heterocycles. The highest BCUT2D eigenvalue weighted by atomic mass is 16.7. The molecule has 0 heterocycles. The van der Waals surface area contributed by atoms with Crippen LogP contribution in [0, 0.1) is 5.92 Å². The second-order valence-electron chi connectivity index (χ2n) is 4.85. The number of hydrogen-bond donors (Lipinski definition) is 0. The van der Waals surface area contributed by atoms with Crippen molar-refractivity contribution in [3.8, 4) is 0 Å². The Morgan fingerprint density at radius 2 is 1.73 bits per heavy atom. The van der Waals surface area contributed by atoms with Gasteiger partial charge in [-0.25, -0.2) is 0 Å². The molecule has 0 saturated carbocycles. The molecule has 90 valence electrons. The van der Waals surface area contributed by atoms with Crippen LogP contribution < -0.4 is 0 Å². The fourth-order valence-electron chi connectivity index (χ4n) is 1.09. The SMILES string of the molecule is CC(C)=CC(OCCC(C)C)OC(C)C.